The van der Waals surface area contributed by atoms with Crippen LogP contribution in [0.25, 0.3) is 6.08 Å². The molecule has 0 amide bonds. The van der Waals surface area contributed by atoms with E-state index in [4.69, 9.17) is 14.2 Å². The van der Waals surface area contributed by atoms with Crippen molar-refractivity contribution in [2.75, 3.05) is 20.3 Å². The van der Waals surface area contributed by atoms with Gasteiger partial charge >= 0.3 is 0 Å². The van der Waals surface area contributed by atoms with Gasteiger partial charge in [-0.05, 0) is 48.0 Å². The minimum Gasteiger partial charge on any atom is -0.508 e. The summed E-state index contributed by atoms with van der Waals surface area (Å²) in [6.07, 6.45) is 3.16. The molecular formula is C18H16O5. The zero-order valence-electron chi connectivity index (χ0n) is 12.6. The zero-order valence-corrected chi connectivity index (χ0v) is 12.6. The fourth-order valence-corrected chi connectivity index (χ4v) is 2.28. The standard InChI is InChI=1S/C18H16O5/c1-21-16-10-12(11-17-18(16)23-9-8-22-17)2-7-15(20)13-3-5-14(19)6-4-13/h2-7,10-11,19H,8-9H2,1H3/b7-2+. The van der Waals surface area contributed by atoms with Gasteiger partial charge in [0, 0.05) is 5.56 Å². The molecule has 1 heterocycles. The first-order chi connectivity index (χ1) is 11.2. The summed E-state index contributed by atoms with van der Waals surface area (Å²) >= 11 is 0. The third-order valence-electron chi connectivity index (χ3n) is 3.43. The molecule has 0 atom stereocenters. The molecule has 0 saturated carbocycles. The predicted octanol–water partition coefficient (Wildman–Crippen LogP) is 3.07. The Labute approximate surface area is 133 Å². The fraction of sp³-hybridized carbons (Fsp3) is 0.167. The predicted molar refractivity (Wildman–Crippen MR) is 85.5 cm³/mol. The molecule has 0 radical (unpaired) electrons. The highest BCUT2D eigenvalue weighted by atomic mass is 16.6. The van der Waals surface area contributed by atoms with Gasteiger partial charge < -0.3 is 19.3 Å². The first-order valence-corrected chi connectivity index (χ1v) is 7.16. The van der Waals surface area contributed by atoms with Crippen LogP contribution in [0.15, 0.2) is 42.5 Å². The van der Waals surface area contributed by atoms with E-state index in [9.17, 15) is 9.90 Å². The number of phenols is 1. The van der Waals surface area contributed by atoms with Crippen molar-refractivity contribution in [2.24, 2.45) is 0 Å². The van der Waals surface area contributed by atoms with E-state index in [2.05, 4.69) is 0 Å². The summed E-state index contributed by atoms with van der Waals surface area (Å²) in [5.41, 5.74) is 1.28. The molecule has 0 spiro atoms. The van der Waals surface area contributed by atoms with Crippen molar-refractivity contribution in [2.45, 2.75) is 0 Å². The molecule has 0 unspecified atom stereocenters. The van der Waals surface area contributed by atoms with E-state index < -0.39 is 0 Å². The van der Waals surface area contributed by atoms with Crippen LogP contribution in [0.5, 0.6) is 23.0 Å². The third-order valence-corrected chi connectivity index (χ3v) is 3.43. The molecule has 1 N–H and O–H groups in total. The number of methoxy groups -OCH3 is 1. The molecule has 23 heavy (non-hydrogen) atoms. The van der Waals surface area contributed by atoms with Gasteiger partial charge in [-0.25, -0.2) is 0 Å². The van der Waals surface area contributed by atoms with E-state index in [1.807, 2.05) is 0 Å². The van der Waals surface area contributed by atoms with Crippen LogP contribution in [0.2, 0.25) is 0 Å². The lowest BCUT2D eigenvalue weighted by molar-refractivity contribution is 0.104. The van der Waals surface area contributed by atoms with Gasteiger partial charge in [-0.3, -0.25) is 4.79 Å². The Balaban J connectivity index is 1.84. The molecule has 2 aromatic rings. The van der Waals surface area contributed by atoms with Crippen LogP contribution in [0.1, 0.15) is 15.9 Å². The van der Waals surface area contributed by atoms with E-state index in [-0.39, 0.29) is 11.5 Å². The Bertz CT molecular complexity index is 730. The van der Waals surface area contributed by atoms with Gasteiger partial charge in [0.15, 0.2) is 17.3 Å². The van der Waals surface area contributed by atoms with Crippen molar-refractivity contribution >= 4 is 11.9 Å². The third kappa shape index (κ3) is 3.29. The Hall–Kier alpha value is -2.95. The van der Waals surface area contributed by atoms with E-state index in [1.54, 1.807) is 37.5 Å². The molecule has 3 rings (SSSR count). The summed E-state index contributed by atoms with van der Waals surface area (Å²) < 4.78 is 16.4. The highest BCUT2D eigenvalue weighted by molar-refractivity contribution is 6.06. The molecule has 1 aliphatic heterocycles. The Morgan fingerprint density at radius 2 is 1.91 bits per heavy atom. The van der Waals surface area contributed by atoms with Crippen LogP contribution in [0.4, 0.5) is 0 Å². The normalized spacial score (nSPS) is 13.1. The average molecular weight is 312 g/mol. The smallest absolute Gasteiger partial charge is 0.203 e. The van der Waals surface area contributed by atoms with Crippen molar-refractivity contribution < 1.29 is 24.1 Å². The van der Waals surface area contributed by atoms with Gasteiger partial charge in [0.25, 0.3) is 0 Å². The quantitative estimate of drug-likeness (QED) is 0.694. The SMILES string of the molecule is COc1cc(/C=C/C(=O)c2ccc(O)cc2)cc2c1OCCO2. The first kappa shape index (κ1) is 15.0. The Morgan fingerprint density at radius 1 is 1.17 bits per heavy atom. The van der Waals surface area contributed by atoms with E-state index in [0.29, 0.717) is 36.0 Å². The van der Waals surface area contributed by atoms with Gasteiger partial charge in [-0.15, -0.1) is 0 Å². The molecule has 0 aromatic heterocycles. The number of aromatic hydroxyl groups is 1. The molecule has 5 nitrogen and oxygen atoms in total. The van der Waals surface area contributed by atoms with Crippen LogP contribution >= 0.6 is 0 Å². The molecule has 0 bridgehead atoms. The largest absolute Gasteiger partial charge is 0.508 e. The molecular weight excluding hydrogens is 296 g/mol. The van der Waals surface area contributed by atoms with Crippen LogP contribution in [0.3, 0.4) is 0 Å². The average Bonchev–Trinajstić information content (AvgIpc) is 2.59. The topological polar surface area (TPSA) is 65.0 Å². The zero-order chi connectivity index (χ0) is 16.2. The van der Waals surface area contributed by atoms with Gasteiger partial charge in [-0.1, -0.05) is 6.08 Å². The number of ketones is 1. The lowest BCUT2D eigenvalue weighted by Crippen LogP contribution is -2.16. The minimum absolute atomic E-state index is 0.127. The fourth-order valence-electron chi connectivity index (χ4n) is 2.28. The van der Waals surface area contributed by atoms with Gasteiger partial charge in [-0.2, -0.15) is 0 Å². The number of ether oxygens (including phenoxy) is 3. The maximum atomic E-state index is 12.1. The van der Waals surface area contributed by atoms with Crippen LogP contribution in [-0.2, 0) is 0 Å². The summed E-state index contributed by atoms with van der Waals surface area (Å²) in [5, 5.41) is 9.25. The first-order valence-electron chi connectivity index (χ1n) is 7.16. The van der Waals surface area contributed by atoms with Crippen molar-refractivity contribution in [3.63, 3.8) is 0 Å². The second kappa shape index (κ2) is 6.44. The van der Waals surface area contributed by atoms with Crippen molar-refractivity contribution in [3.8, 4) is 23.0 Å². The molecule has 2 aromatic carbocycles. The molecule has 0 saturated heterocycles. The molecule has 5 heteroatoms. The maximum Gasteiger partial charge on any atom is 0.203 e. The summed E-state index contributed by atoms with van der Waals surface area (Å²) in [6.45, 7) is 0.966. The minimum atomic E-state index is -0.154. The molecule has 0 fully saturated rings. The molecule has 0 aliphatic carbocycles. The lowest BCUT2D eigenvalue weighted by Gasteiger charge is -2.20. The number of allylic oxidation sites excluding steroid dienone is 1. The van der Waals surface area contributed by atoms with Crippen molar-refractivity contribution in [1.82, 2.24) is 0 Å². The monoisotopic (exact) mass is 312 g/mol. The Kier molecular flexibility index (Phi) is 4.19. The van der Waals surface area contributed by atoms with Crippen LogP contribution < -0.4 is 14.2 Å². The number of benzene rings is 2. The van der Waals surface area contributed by atoms with Gasteiger partial charge in [0.1, 0.15) is 19.0 Å². The van der Waals surface area contributed by atoms with Gasteiger partial charge in [0.2, 0.25) is 5.75 Å². The molecule has 118 valence electrons. The summed E-state index contributed by atoms with van der Waals surface area (Å²) in [7, 11) is 1.56. The van der Waals surface area contributed by atoms with E-state index >= 15 is 0 Å². The number of rotatable bonds is 4. The van der Waals surface area contributed by atoms with Crippen molar-refractivity contribution in [1.29, 1.82) is 0 Å². The van der Waals surface area contributed by atoms with Crippen LogP contribution in [-0.4, -0.2) is 31.2 Å². The van der Waals surface area contributed by atoms with Crippen LogP contribution in [0, 0.1) is 0 Å². The summed E-state index contributed by atoms with van der Waals surface area (Å²) in [4.78, 5) is 12.1. The summed E-state index contributed by atoms with van der Waals surface area (Å²) in [6, 6.07) is 9.70. The van der Waals surface area contributed by atoms with Crippen molar-refractivity contribution in [3.05, 3.63) is 53.6 Å². The van der Waals surface area contributed by atoms with E-state index in [0.717, 1.165) is 5.56 Å². The molecule has 1 aliphatic rings. The van der Waals surface area contributed by atoms with Gasteiger partial charge in [0.05, 0.1) is 7.11 Å². The number of carbonyl (C=O) groups excluding carboxylic acids is 1. The number of hydrogen-bond acceptors (Lipinski definition) is 5. The highest BCUT2D eigenvalue weighted by Crippen LogP contribution is 2.40. The second-order valence-corrected chi connectivity index (χ2v) is 4.99. The second-order valence-electron chi connectivity index (χ2n) is 4.99. The highest BCUT2D eigenvalue weighted by Gasteiger charge is 2.17. The Morgan fingerprint density at radius 3 is 2.65 bits per heavy atom. The maximum absolute atomic E-state index is 12.1. The van der Waals surface area contributed by atoms with E-state index in [1.165, 1.54) is 18.2 Å². The summed E-state index contributed by atoms with van der Waals surface area (Å²) in [5.74, 6) is 1.73. The number of carbonyl (C=O) groups is 1. The lowest BCUT2D eigenvalue weighted by atomic mass is 10.1. The number of fused-ring (bicyclic) bond motifs is 1. The number of phenolic OH excluding ortho intramolecular Hbond substituents is 1. The number of hydrogen-bond donors (Lipinski definition) is 1.